The fourth-order valence-electron chi connectivity index (χ4n) is 1.96. The molecule has 90 valence electrons. The minimum atomic E-state index is 0.553. The molecule has 1 aromatic rings. The van der Waals surface area contributed by atoms with Crippen LogP contribution in [0.15, 0.2) is 41.4 Å². The molecule has 0 aromatic heterocycles. The van der Waals surface area contributed by atoms with Crippen molar-refractivity contribution >= 4 is 11.9 Å². The van der Waals surface area contributed by atoms with Gasteiger partial charge in [-0.1, -0.05) is 30.3 Å². The molecule has 1 fully saturated rings. The zero-order chi connectivity index (χ0) is 11.9. The summed E-state index contributed by atoms with van der Waals surface area (Å²) in [6.45, 7) is 1.97. The van der Waals surface area contributed by atoms with Crippen molar-refractivity contribution in [3.05, 3.63) is 42.0 Å². The van der Waals surface area contributed by atoms with Gasteiger partial charge in [-0.05, 0) is 31.0 Å². The van der Waals surface area contributed by atoms with Crippen LogP contribution in [0.2, 0.25) is 0 Å². The molecule has 1 saturated heterocycles. The lowest BCUT2D eigenvalue weighted by atomic mass is 10.1. The van der Waals surface area contributed by atoms with Gasteiger partial charge in [0.1, 0.15) is 0 Å². The van der Waals surface area contributed by atoms with Crippen molar-refractivity contribution in [2.24, 2.45) is 10.7 Å². The van der Waals surface area contributed by atoms with Crippen LogP contribution in [0.25, 0.3) is 5.70 Å². The average Bonchev–Trinajstić information content (AvgIpc) is 2.88. The first kappa shape index (κ1) is 11.9. The maximum absolute atomic E-state index is 5.94. The molecule has 1 aliphatic heterocycles. The van der Waals surface area contributed by atoms with Crippen molar-refractivity contribution in [2.45, 2.75) is 18.9 Å². The van der Waals surface area contributed by atoms with E-state index in [4.69, 9.17) is 5.73 Å². The average molecular weight is 229 g/mol. The molecular formula is C14H19N3. The van der Waals surface area contributed by atoms with E-state index in [1.54, 1.807) is 0 Å². The van der Waals surface area contributed by atoms with Gasteiger partial charge >= 0.3 is 0 Å². The van der Waals surface area contributed by atoms with Gasteiger partial charge in [0.25, 0.3) is 0 Å². The van der Waals surface area contributed by atoms with Gasteiger partial charge in [0, 0.05) is 18.0 Å². The summed E-state index contributed by atoms with van der Waals surface area (Å²) in [6, 6.07) is 10.5. The Labute approximate surface area is 102 Å². The van der Waals surface area contributed by atoms with E-state index in [0.717, 1.165) is 24.4 Å². The number of rotatable bonds is 4. The summed E-state index contributed by atoms with van der Waals surface area (Å²) in [4.78, 5) is 4.37. The van der Waals surface area contributed by atoms with Gasteiger partial charge in [0.2, 0.25) is 0 Å². The van der Waals surface area contributed by atoms with Crippen LogP contribution < -0.4 is 11.1 Å². The zero-order valence-corrected chi connectivity index (χ0v) is 9.97. The van der Waals surface area contributed by atoms with Crippen molar-refractivity contribution < 1.29 is 0 Å². The molecule has 0 spiro atoms. The highest BCUT2D eigenvalue weighted by molar-refractivity contribution is 5.83. The maximum atomic E-state index is 5.94. The fraction of sp³-hybridized carbons (Fsp3) is 0.357. The van der Waals surface area contributed by atoms with E-state index in [0.29, 0.717) is 6.04 Å². The van der Waals surface area contributed by atoms with Crippen molar-refractivity contribution in [3.63, 3.8) is 0 Å². The Balaban J connectivity index is 1.85. The third-order valence-corrected chi connectivity index (χ3v) is 2.95. The van der Waals surface area contributed by atoms with Gasteiger partial charge in [-0.3, -0.25) is 4.99 Å². The number of hydrogen-bond acceptors (Lipinski definition) is 3. The highest BCUT2D eigenvalue weighted by Crippen LogP contribution is 2.07. The third-order valence-electron chi connectivity index (χ3n) is 2.95. The molecule has 0 radical (unpaired) electrons. The van der Waals surface area contributed by atoms with E-state index in [1.807, 2.05) is 42.6 Å². The molecule has 1 aromatic carbocycles. The second-order valence-corrected chi connectivity index (χ2v) is 4.30. The van der Waals surface area contributed by atoms with E-state index >= 15 is 0 Å². The molecule has 2 rings (SSSR count). The first-order chi connectivity index (χ1) is 8.36. The summed E-state index contributed by atoms with van der Waals surface area (Å²) in [5.41, 5.74) is 7.74. The largest absolute Gasteiger partial charge is 0.398 e. The van der Waals surface area contributed by atoms with Gasteiger partial charge in [0.15, 0.2) is 0 Å². The zero-order valence-electron chi connectivity index (χ0n) is 9.97. The summed E-state index contributed by atoms with van der Waals surface area (Å²) in [5.74, 6) is 0. The molecule has 0 saturated carbocycles. The lowest BCUT2D eigenvalue weighted by molar-refractivity contribution is 0.619. The Morgan fingerprint density at radius 3 is 2.94 bits per heavy atom. The van der Waals surface area contributed by atoms with Crippen molar-refractivity contribution in [1.29, 1.82) is 0 Å². The second kappa shape index (κ2) is 6.21. The molecule has 0 unspecified atom stereocenters. The molecule has 0 aliphatic carbocycles. The minimum absolute atomic E-state index is 0.553. The predicted molar refractivity (Wildman–Crippen MR) is 73.0 cm³/mol. The Hall–Kier alpha value is -1.61. The van der Waals surface area contributed by atoms with Crippen LogP contribution in [-0.2, 0) is 0 Å². The molecule has 1 heterocycles. The van der Waals surface area contributed by atoms with Crippen LogP contribution in [0, 0.1) is 0 Å². The third kappa shape index (κ3) is 3.71. The number of nitrogens with zero attached hydrogens (tertiary/aromatic N) is 1. The standard InChI is InChI=1S/C14H19N3/c15-14(12-5-2-1-3-6-12)8-10-16-11-13-7-4-9-17-13/h1-3,5-6,8,10,13,17H,4,7,9,11,15H2/b14-8-,16-10?/t13-/m0/s1. The van der Waals surface area contributed by atoms with Gasteiger partial charge in [-0.2, -0.15) is 0 Å². The van der Waals surface area contributed by atoms with Gasteiger partial charge in [-0.15, -0.1) is 0 Å². The van der Waals surface area contributed by atoms with Crippen molar-refractivity contribution in [3.8, 4) is 0 Å². The normalized spacial score (nSPS) is 21.2. The molecule has 0 amide bonds. The number of nitrogens with one attached hydrogen (secondary N) is 1. The van der Waals surface area contributed by atoms with E-state index in [1.165, 1.54) is 12.8 Å². The monoisotopic (exact) mass is 229 g/mol. The quantitative estimate of drug-likeness (QED) is 0.774. The van der Waals surface area contributed by atoms with Crippen LogP contribution in [0.5, 0.6) is 0 Å². The van der Waals surface area contributed by atoms with E-state index in [9.17, 15) is 0 Å². The molecule has 1 aliphatic rings. The van der Waals surface area contributed by atoms with Gasteiger partial charge < -0.3 is 11.1 Å². The summed E-state index contributed by atoms with van der Waals surface area (Å²) >= 11 is 0. The highest BCUT2D eigenvalue weighted by atomic mass is 15.0. The highest BCUT2D eigenvalue weighted by Gasteiger charge is 2.11. The molecule has 3 nitrogen and oxygen atoms in total. The lowest BCUT2D eigenvalue weighted by Gasteiger charge is -2.04. The first-order valence-electron chi connectivity index (χ1n) is 6.10. The molecule has 17 heavy (non-hydrogen) atoms. The minimum Gasteiger partial charge on any atom is -0.398 e. The fourth-order valence-corrected chi connectivity index (χ4v) is 1.96. The number of hydrogen-bond donors (Lipinski definition) is 2. The number of allylic oxidation sites excluding steroid dienone is 1. The Bertz CT molecular complexity index is 389. The SMILES string of the molecule is N/C(=C\C=NC[C@@H]1CCCN1)c1ccccc1. The second-order valence-electron chi connectivity index (χ2n) is 4.30. The summed E-state index contributed by atoms with van der Waals surface area (Å²) in [6.07, 6.45) is 6.17. The van der Waals surface area contributed by atoms with Gasteiger partial charge in [-0.25, -0.2) is 0 Å². The summed E-state index contributed by atoms with van der Waals surface area (Å²) in [7, 11) is 0. The first-order valence-corrected chi connectivity index (χ1v) is 6.10. The van der Waals surface area contributed by atoms with E-state index < -0.39 is 0 Å². The maximum Gasteiger partial charge on any atom is 0.0542 e. The number of aliphatic imine (C=N–C) groups is 1. The van der Waals surface area contributed by atoms with Crippen LogP contribution >= 0.6 is 0 Å². The smallest absolute Gasteiger partial charge is 0.0542 e. The lowest BCUT2D eigenvalue weighted by Crippen LogP contribution is -2.24. The molecule has 3 heteroatoms. The van der Waals surface area contributed by atoms with E-state index in [2.05, 4.69) is 10.3 Å². The van der Waals surface area contributed by atoms with E-state index in [-0.39, 0.29) is 0 Å². The number of nitrogens with two attached hydrogens (primary N) is 1. The molecule has 3 N–H and O–H groups in total. The van der Waals surface area contributed by atoms with Gasteiger partial charge in [0.05, 0.1) is 6.54 Å². The molecule has 0 bridgehead atoms. The van der Waals surface area contributed by atoms with Crippen LogP contribution in [0.3, 0.4) is 0 Å². The van der Waals surface area contributed by atoms with Crippen molar-refractivity contribution in [1.82, 2.24) is 5.32 Å². The van der Waals surface area contributed by atoms with Crippen LogP contribution in [-0.4, -0.2) is 25.3 Å². The predicted octanol–water partition coefficient (Wildman–Crippen LogP) is 1.81. The van der Waals surface area contributed by atoms with Crippen LogP contribution in [0.1, 0.15) is 18.4 Å². The molecular weight excluding hydrogens is 210 g/mol. The summed E-state index contributed by atoms with van der Waals surface area (Å²) < 4.78 is 0. The summed E-state index contributed by atoms with van der Waals surface area (Å²) in [5, 5.41) is 3.41. The van der Waals surface area contributed by atoms with Crippen molar-refractivity contribution in [2.75, 3.05) is 13.1 Å². The Morgan fingerprint density at radius 1 is 1.41 bits per heavy atom. The Morgan fingerprint density at radius 2 is 2.24 bits per heavy atom. The Kier molecular flexibility index (Phi) is 4.33. The topological polar surface area (TPSA) is 50.4 Å². The molecule has 1 atom stereocenters. The van der Waals surface area contributed by atoms with Crippen LogP contribution in [0.4, 0.5) is 0 Å². The number of benzene rings is 1.